The standard InChI is InChI=1S/C18H18F2N2O3S/c19-16-10-15(11-17(20)12-16)18(23)21-6-8-22(9-7-21)26(24,25)13-14-4-2-1-3-5-14/h1-5,10-12H,6-9,13H2. The van der Waals surface area contributed by atoms with Crippen molar-refractivity contribution in [2.75, 3.05) is 26.2 Å². The van der Waals surface area contributed by atoms with Gasteiger partial charge >= 0.3 is 0 Å². The van der Waals surface area contributed by atoms with E-state index < -0.39 is 27.6 Å². The monoisotopic (exact) mass is 380 g/mol. The lowest BCUT2D eigenvalue weighted by atomic mass is 10.1. The third kappa shape index (κ3) is 4.25. The van der Waals surface area contributed by atoms with Gasteiger partial charge in [-0.2, -0.15) is 4.31 Å². The van der Waals surface area contributed by atoms with Crippen molar-refractivity contribution in [1.82, 2.24) is 9.21 Å². The van der Waals surface area contributed by atoms with Gasteiger partial charge in [0.2, 0.25) is 10.0 Å². The zero-order valence-electron chi connectivity index (χ0n) is 13.9. The van der Waals surface area contributed by atoms with E-state index in [1.54, 1.807) is 24.3 Å². The number of sulfonamides is 1. The molecule has 0 unspecified atom stereocenters. The Morgan fingerprint density at radius 2 is 1.50 bits per heavy atom. The molecule has 3 rings (SSSR count). The van der Waals surface area contributed by atoms with Gasteiger partial charge < -0.3 is 4.90 Å². The fourth-order valence-corrected chi connectivity index (χ4v) is 4.42. The second-order valence-corrected chi connectivity index (χ2v) is 8.06. The fourth-order valence-electron chi connectivity index (χ4n) is 2.91. The molecular weight excluding hydrogens is 362 g/mol. The number of halogens is 2. The van der Waals surface area contributed by atoms with Crippen LogP contribution in [0.1, 0.15) is 15.9 Å². The molecule has 0 saturated carbocycles. The third-order valence-corrected chi connectivity index (χ3v) is 6.07. The van der Waals surface area contributed by atoms with Crippen LogP contribution in [0.3, 0.4) is 0 Å². The maximum absolute atomic E-state index is 13.3. The van der Waals surface area contributed by atoms with Crippen molar-refractivity contribution >= 4 is 15.9 Å². The molecule has 2 aromatic rings. The van der Waals surface area contributed by atoms with Crippen molar-refractivity contribution in [2.45, 2.75) is 5.75 Å². The highest BCUT2D eigenvalue weighted by molar-refractivity contribution is 7.88. The first-order valence-corrected chi connectivity index (χ1v) is 9.73. The van der Waals surface area contributed by atoms with Crippen molar-refractivity contribution in [3.63, 3.8) is 0 Å². The predicted octanol–water partition coefficient (Wildman–Crippen LogP) is 2.25. The zero-order valence-corrected chi connectivity index (χ0v) is 14.8. The molecule has 1 heterocycles. The van der Waals surface area contributed by atoms with Gasteiger partial charge in [-0.25, -0.2) is 17.2 Å². The van der Waals surface area contributed by atoms with Crippen LogP contribution in [0, 0.1) is 11.6 Å². The number of rotatable bonds is 4. The molecule has 138 valence electrons. The van der Waals surface area contributed by atoms with Gasteiger partial charge in [0.1, 0.15) is 11.6 Å². The van der Waals surface area contributed by atoms with Crippen LogP contribution in [0.2, 0.25) is 0 Å². The van der Waals surface area contributed by atoms with E-state index in [0.717, 1.165) is 12.1 Å². The summed E-state index contributed by atoms with van der Waals surface area (Å²) in [6.07, 6.45) is 0. The Morgan fingerprint density at radius 1 is 0.923 bits per heavy atom. The van der Waals surface area contributed by atoms with Crippen LogP contribution in [0.15, 0.2) is 48.5 Å². The van der Waals surface area contributed by atoms with E-state index in [4.69, 9.17) is 0 Å². The predicted molar refractivity (Wildman–Crippen MR) is 92.9 cm³/mol. The van der Waals surface area contributed by atoms with Crippen molar-refractivity contribution in [3.05, 3.63) is 71.3 Å². The Morgan fingerprint density at radius 3 is 2.08 bits per heavy atom. The Kier molecular flexibility index (Phi) is 5.33. The number of benzene rings is 2. The van der Waals surface area contributed by atoms with Crippen LogP contribution < -0.4 is 0 Å². The number of amides is 1. The van der Waals surface area contributed by atoms with Crippen molar-refractivity contribution < 1.29 is 22.0 Å². The maximum atomic E-state index is 13.3. The zero-order chi connectivity index (χ0) is 18.7. The second kappa shape index (κ2) is 7.51. The van der Waals surface area contributed by atoms with Gasteiger partial charge in [-0.1, -0.05) is 30.3 Å². The molecule has 26 heavy (non-hydrogen) atoms. The summed E-state index contributed by atoms with van der Waals surface area (Å²) in [5, 5.41) is 0. The molecule has 0 radical (unpaired) electrons. The average molecular weight is 380 g/mol. The van der Waals surface area contributed by atoms with Crippen LogP contribution in [0.4, 0.5) is 8.78 Å². The lowest BCUT2D eigenvalue weighted by Crippen LogP contribution is -2.50. The minimum Gasteiger partial charge on any atom is -0.336 e. The van der Waals surface area contributed by atoms with Crippen LogP contribution in [0.5, 0.6) is 0 Å². The third-order valence-electron chi connectivity index (χ3n) is 4.22. The normalized spacial score (nSPS) is 15.8. The number of carbonyl (C=O) groups excluding carboxylic acids is 1. The summed E-state index contributed by atoms with van der Waals surface area (Å²) in [4.78, 5) is 13.8. The highest BCUT2D eigenvalue weighted by atomic mass is 32.2. The van der Waals surface area contributed by atoms with Gasteiger partial charge in [0.05, 0.1) is 5.75 Å². The van der Waals surface area contributed by atoms with E-state index in [1.807, 2.05) is 6.07 Å². The topological polar surface area (TPSA) is 57.7 Å². The Hall–Kier alpha value is -2.32. The fraction of sp³-hybridized carbons (Fsp3) is 0.278. The minimum absolute atomic E-state index is 0.0805. The summed E-state index contributed by atoms with van der Waals surface area (Å²) in [5.41, 5.74) is 0.615. The first-order chi connectivity index (χ1) is 12.3. The molecule has 1 saturated heterocycles. The summed E-state index contributed by atoms with van der Waals surface area (Å²) < 4.78 is 52.9. The van der Waals surface area contributed by atoms with Gasteiger partial charge in [0.15, 0.2) is 0 Å². The van der Waals surface area contributed by atoms with E-state index in [-0.39, 0.29) is 37.5 Å². The molecule has 0 aliphatic carbocycles. The highest BCUT2D eigenvalue weighted by Gasteiger charge is 2.29. The quantitative estimate of drug-likeness (QED) is 0.818. The second-order valence-electron chi connectivity index (χ2n) is 6.09. The lowest BCUT2D eigenvalue weighted by molar-refractivity contribution is 0.0696. The van der Waals surface area contributed by atoms with Gasteiger partial charge in [-0.15, -0.1) is 0 Å². The van der Waals surface area contributed by atoms with Gasteiger partial charge in [-0.3, -0.25) is 4.79 Å². The largest absolute Gasteiger partial charge is 0.336 e. The molecule has 0 N–H and O–H groups in total. The molecule has 1 amide bonds. The Labute approximate surface area is 150 Å². The first kappa shape index (κ1) is 18.5. The van der Waals surface area contributed by atoms with E-state index >= 15 is 0 Å². The van der Waals surface area contributed by atoms with Crippen LogP contribution in [-0.2, 0) is 15.8 Å². The van der Waals surface area contributed by atoms with E-state index in [2.05, 4.69) is 0 Å². The molecule has 8 heteroatoms. The summed E-state index contributed by atoms with van der Waals surface area (Å²) in [6, 6.07) is 11.5. The lowest BCUT2D eigenvalue weighted by Gasteiger charge is -2.34. The number of nitrogens with zero attached hydrogens (tertiary/aromatic N) is 2. The van der Waals surface area contributed by atoms with Crippen molar-refractivity contribution in [3.8, 4) is 0 Å². The summed E-state index contributed by atoms with van der Waals surface area (Å²) in [7, 11) is -3.49. The van der Waals surface area contributed by atoms with Crippen molar-refractivity contribution in [1.29, 1.82) is 0 Å². The summed E-state index contributed by atoms with van der Waals surface area (Å²) >= 11 is 0. The SMILES string of the molecule is O=C(c1cc(F)cc(F)c1)N1CCN(S(=O)(=O)Cc2ccccc2)CC1. The van der Waals surface area contributed by atoms with E-state index in [9.17, 15) is 22.0 Å². The molecule has 1 aliphatic heterocycles. The molecule has 0 spiro atoms. The average Bonchev–Trinajstić information content (AvgIpc) is 2.61. The first-order valence-electron chi connectivity index (χ1n) is 8.12. The number of piperazine rings is 1. The molecule has 2 aromatic carbocycles. The molecule has 1 aliphatic rings. The molecule has 1 fully saturated rings. The number of hydrogen-bond acceptors (Lipinski definition) is 3. The Bertz CT molecular complexity index is 876. The highest BCUT2D eigenvalue weighted by Crippen LogP contribution is 2.16. The summed E-state index contributed by atoms with van der Waals surface area (Å²) in [6.45, 7) is 0.646. The van der Waals surface area contributed by atoms with E-state index in [0.29, 0.717) is 11.6 Å². The number of hydrogen-bond donors (Lipinski definition) is 0. The molecular formula is C18H18F2N2O3S. The van der Waals surface area contributed by atoms with Gasteiger partial charge in [-0.05, 0) is 17.7 Å². The smallest absolute Gasteiger partial charge is 0.254 e. The van der Waals surface area contributed by atoms with Crippen LogP contribution in [0.25, 0.3) is 0 Å². The van der Waals surface area contributed by atoms with Crippen LogP contribution in [-0.4, -0.2) is 49.7 Å². The Balaban J connectivity index is 1.64. The number of carbonyl (C=O) groups is 1. The molecule has 0 bridgehead atoms. The molecule has 5 nitrogen and oxygen atoms in total. The van der Waals surface area contributed by atoms with Crippen LogP contribution >= 0.6 is 0 Å². The minimum atomic E-state index is -3.49. The van der Waals surface area contributed by atoms with Crippen molar-refractivity contribution in [2.24, 2.45) is 0 Å². The summed E-state index contributed by atoms with van der Waals surface area (Å²) in [5.74, 6) is -2.25. The van der Waals surface area contributed by atoms with Gasteiger partial charge in [0.25, 0.3) is 5.91 Å². The molecule has 0 aromatic heterocycles. The molecule has 0 atom stereocenters. The maximum Gasteiger partial charge on any atom is 0.254 e. The van der Waals surface area contributed by atoms with Gasteiger partial charge in [0, 0.05) is 37.8 Å². The van der Waals surface area contributed by atoms with E-state index in [1.165, 1.54) is 9.21 Å².